The maximum atomic E-state index is 12.8. The molecule has 1 heterocycles. The van der Waals surface area contributed by atoms with E-state index in [4.69, 9.17) is 4.74 Å². The minimum Gasteiger partial charge on any atom is -0.497 e. The van der Waals surface area contributed by atoms with E-state index < -0.39 is 17.4 Å². The monoisotopic (exact) mass is 308 g/mol. The Kier molecular flexibility index (Phi) is 3.20. The zero-order valence-corrected chi connectivity index (χ0v) is 11.4. The van der Waals surface area contributed by atoms with E-state index in [9.17, 15) is 18.0 Å². The van der Waals surface area contributed by atoms with Gasteiger partial charge in [-0.3, -0.25) is 4.57 Å². The van der Waals surface area contributed by atoms with Gasteiger partial charge in [0.2, 0.25) is 0 Å². The van der Waals surface area contributed by atoms with Crippen molar-refractivity contribution < 1.29 is 17.9 Å². The van der Waals surface area contributed by atoms with Gasteiger partial charge in [0.05, 0.1) is 29.4 Å². The maximum Gasteiger partial charge on any atom is 0.416 e. The molecule has 0 unspecified atom stereocenters. The molecule has 0 amide bonds. The summed E-state index contributed by atoms with van der Waals surface area (Å²) in [6.45, 7) is 0. The predicted molar refractivity (Wildman–Crippen MR) is 75.4 cm³/mol. The number of halogens is 3. The first kappa shape index (κ1) is 14.2. The second-order valence-corrected chi connectivity index (χ2v) is 4.70. The molecule has 3 aromatic rings. The number of methoxy groups -OCH3 is 1. The number of imidazole rings is 1. The number of aromatic nitrogens is 2. The molecule has 22 heavy (non-hydrogen) atoms. The Balaban J connectivity index is 2.26. The third-order valence-electron chi connectivity index (χ3n) is 3.32. The van der Waals surface area contributed by atoms with Crippen LogP contribution in [0.15, 0.2) is 47.3 Å². The summed E-state index contributed by atoms with van der Waals surface area (Å²) in [7, 11) is 1.47. The molecule has 1 N–H and O–H groups in total. The molecule has 0 aliphatic carbocycles. The highest BCUT2D eigenvalue weighted by Gasteiger charge is 2.30. The van der Waals surface area contributed by atoms with Crippen LogP contribution in [-0.4, -0.2) is 16.7 Å². The number of benzene rings is 2. The summed E-state index contributed by atoms with van der Waals surface area (Å²) < 4.78 is 44.8. The number of aromatic amines is 1. The van der Waals surface area contributed by atoms with E-state index in [1.807, 2.05) is 0 Å². The lowest BCUT2D eigenvalue weighted by Crippen LogP contribution is -2.15. The number of ether oxygens (including phenoxy) is 1. The average molecular weight is 308 g/mol. The summed E-state index contributed by atoms with van der Waals surface area (Å²) in [5.41, 5.74) is -0.220. The van der Waals surface area contributed by atoms with Gasteiger partial charge in [0.15, 0.2) is 0 Å². The van der Waals surface area contributed by atoms with Gasteiger partial charge in [-0.2, -0.15) is 13.2 Å². The number of hydrogen-bond donors (Lipinski definition) is 1. The quantitative estimate of drug-likeness (QED) is 0.789. The summed E-state index contributed by atoms with van der Waals surface area (Å²) in [5, 5.41) is 0. The van der Waals surface area contributed by atoms with Crippen LogP contribution >= 0.6 is 0 Å². The van der Waals surface area contributed by atoms with Gasteiger partial charge < -0.3 is 9.72 Å². The number of nitrogens with zero attached hydrogens (tertiary/aromatic N) is 1. The lowest BCUT2D eigenvalue weighted by atomic mass is 10.2. The molecule has 2 aromatic carbocycles. The van der Waals surface area contributed by atoms with Gasteiger partial charge in [-0.25, -0.2) is 4.79 Å². The van der Waals surface area contributed by atoms with Crippen LogP contribution in [0.2, 0.25) is 0 Å². The first-order chi connectivity index (χ1) is 10.4. The molecule has 0 atom stereocenters. The summed E-state index contributed by atoms with van der Waals surface area (Å²) in [6.07, 6.45) is -4.47. The minimum atomic E-state index is -4.47. The molecule has 0 bridgehead atoms. The second kappa shape index (κ2) is 4.94. The van der Waals surface area contributed by atoms with Crippen molar-refractivity contribution in [2.45, 2.75) is 6.18 Å². The van der Waals surface area contributed by atoms with Crippen molar-refractivity contribution in [2.75, 3.05) is 7.11 Å². The zero-order chi connectivity index (χ0) is 15.9. The van der Waals surface area contributed by atoms with Crippen LogP contribution in [-0.2, 0) is 6.18 Å². The van der Waals surface area contributed by atoms with E-state index in [0.717, 1.165) is 12.1 Å². The van der Waals surface area contributed by atoms with Gasteiger partial charge in [-0.05, 0) is 30.3 Å². The number of alkyl halides is 3. The van der Waals surface area contributed by atoms with Gasteiger partial charge in [0.1, 0.15) is 5.75 Å². The third kappa shape index (κ3) is 2.34. The van der Waals surface area contributed by atoms with Crippen LogP contribution in [0.1, 0.15) is 5.56 Å². The highest BCUT2D eigenvalue weighted by atomic mass is 19.4. The molecule has 0 aliphatic rings. The summed E-state index contributed by atoms with van der Waals surface area (Å²) in [6, 6.07) is 9.51. The molecule has 0 saturated heterocycles. The normalized spacial score (nSPS) is 11.8. The molecule has 0 saturated carbocycles. The van der Waals surface area contributed by atoms with Crippen molar-refractivity contribution >= 4 is 11.0 Å². The fraction of sp³-hybridized carbons (Fsp3) is 0.133. The molecular formula is C15H11F3N2O2. The van der Waals surface area contributed by atoms with Crippen molar-refractivity contribution in [3.8, 4) is 11.4 Å². The number of rotatable bonds is 2. The maximum absolute atomic E-state index is 12.8. The van der Waals surface area contributed by atoms with Crippen molar-refractivity contribution in [1.29, 1.82) is 0 Å². The van der Waals surface area contributed by atoms with Crippen molar-refractivity contribution in [3.05, 3.63) is 58.5 Å². The third-order valence-corrected chi connectivity index (χ3v) is 3.32. The van der Waals surface area contributed by atoms with Gasteiger partial charge >= 0.3 is 11.9 Å². The largest absolute Gasteiger partial charge is 0.497 e. The standard InChI is InChI=1S/C15H11F3N2O2/c1-22-11-5-6-12-13(8-11)20(14(21)19-12)10-4-2-3-9(7-10)15(16,17)18/h2-8H,1H3,(H,19,21). The van der Waals surface area contributed by atoms with Gasteiger partial charge in [-0.15, -0.1) is 0 Å². The van der Waals surface area contributed by atoms with Crippen molar-refractivity contribution in [3.63, 3.8) is 0 Å². The van der Waals surface area contributed by atoms with E-state index in [1.165, 1.54) is 23.8 Å². The second-order valence-electron chi connectivity index (χ2n) is 4.70. The van der Waals surface area contributed by atoms with Gasteiger partial charge in [-0.1, -0.05) is 6.07 Å². The highest BCUT2D eigenvalue weighted by Crippen LogP contribution is 2.30. The van der Waals surface area contributed by atoms with Crippen LogP contribution in [0.5, 0.6) is 5.75 Å². The first-order valence-corrected chi connectivity index (χ1v) is 6.36. The van der Waals surface area contributed by atoms with Crippen LogP contribution in [0.25, 0.3) is 16.7 Å². The average Bonchev–Trinajstić information content (AvgIpc) is 2.81. The molecule has 7 heteroatoms. The molecule has 114 valence electrons. The number of H-pyrrole nitrogens is 1. The van der Waals surface area contributed by atoms with Crippen LogP contribution in [0.4, 0.5) is 13.2 Å². The lowest BCUT2D eigenvalue weighted by molar-refractivity contribution is -0.137. The fourth-order valence-corrected chi connectivity index (χ4v) is 2.29. The van der Waals surface area contributed by atoms with E-state index in [0.29, 0.717) is 16.8 Å². The molecular weight excluding hydrogens is 297 g/mol. The Morgan fingerprint density at radius 2 is 1.91 bits per heavy atom. The van der Waals surface area contributed by atoms with E-state index in [-0.39, 0.29) is 5.69 Å². The molecule has 0 aliphatic heterocycles. The summed E-state index contributed by atoms with van der Waals surface area (Å²) in [4.78, 5) is 14.7. The molecule has 4 nitrogen and oxygen atoms in total. The van der Waals surface area contributed by atoms with E-state index >= 15 is 0 Å². The SMILES string of the molecule is COc1ccc2[nH]c(=O)n(-c3cccc(C(F)(F)F)c3)c2c1. The Morgan fingerprint density at radius 3 is 2.59 bits per heavy atom. The molecule has 3 rings (SSSR count). The number of fused-ring (bicyclic) bond motifs is 1. The van der Waals surface area contributed by atoms with Crippen molar-refractivity contribution in [2.24, 2.45) is 0 Å². The van der Waals surface area contributed by atoms with Gasteiger partial charge in [0.25, 0.3) is 0 Å². The topological polar surface area (TPSA) is 47.0 Å². The molecule has 0 spiro atoms. The first-order valence-electron chi connectivity index (χ1n) is 6.36. The van der Waals surface area contributed by atoms with Crippen LogP contribution in [0, 0.1) is 0 Å². The Bertz CT molecular complexity index is 894. The number of nitrogens with one attached hydrogen (secondary N) is 1. The smallest absolute Gasteiger partial charge is 0.416 e. The minimum absolute atomic E-state index is 0.138. The summed E-state index contributed by atoms with van der Waals surface area (Å²) in [5.74, 6) is 0.507. The highest BCUT2D eigenvalue weighted by molar-refractivity contribution is 5.79. The Morgan fingerprint density at radius 1 is 1.14 bits per heavy atom. The molecule has 0 radical (unpaired) electrons. The molecule has 0 fully saturated rings. The van der Waals surface area contributed by atoms with E-state index in [2.05, 4.69) is 4.98 Å². The molecule has 1 aromatic heterocycles. The Labute approximate surface area is 122 Å². The summed E-state index contributed by atoms with van der Waals surface area (Å²) >= 11 is 0. The van der Waals surface area contributed by atoms with Crippen LogP contribution < -0.4 is 10.4 Å². The van der Waals surface area contributed by atoms with Gasteiger partial charge in [0, 0.05) is 6.07 Å². The van der Waals surface area contributed by atoms with E-state index in [1.54, 1.807) is 18.2 Å². The van der Waals surface area contributed by atoms with Crippen molar-refractivity contribution in [1.82, 2.24) is 9.55 Å². The number of hydrogen-bond acceptors (Lipinski definition) is 2. The lowest BCUT2D eigenvalue weighted by Gasteiger charge is -2.09. The Hall–Kier alpha value is -2.70. The zero-order valence-electron chi connectivity index (χ0n) is 11.4. The fourth-order valence-electron chi connectivity index (χ4n) is 2.29. The van der Waals surface area contributed by atoms with Crippen LogP contribution in [0.3, 0.4) is 0 Å². The predicted octanol–water partition coefficient (Wildman–Crippen LogP) is 3.35.